The highest BCUT2D eigenvalue weighted by Gasteiger charge is 2.19. The Morgan fingerprint density at radius 2 is 2.10 bits per heavy atom. The van der Waals surface area contributed by atoms with Gasteiger partial charge in [0.25, 0.3) is 5.91 Å². The van der Waals surface area contributed by atoms with E-state index in [1.165, 1.54) is 19.2 Å². The highest BCUT2D eigenvalue weighted by atomic mass is 79.9. The van der Waals surface area contributed by atoms with Crippen molar-refractivity contribution in [3.05, 3.63) is 80.1 Å². The Morgan fingerprint density at radius 1 is 1.37 bits per heavy atom. The molecule has 2 aromatic carbocycles. The first-order chi connectivity index (χ1) is 14.4. The zero-order valence-electron chi connectivity index (χ0n) is 15.7. The van der Waals surface area contributed by atoms with Crippen LogP contribution in [0.4, 0.5) is 5.69 Å². The molecule has 0 unspecified atom stereocenters. The molecule has 3 aromatic rings. The second kappa shape index (κ2) is 9.18. The number of carbonyl (C=O) groups excluding carboxylic acids is 1. The maximum absolute atomic E-state index is 12.2. The van der Waals surface area contributed by atoms with Gasteiger partial charge in [-0.1, -0.05) is 28.1 Å². The maximum Gasteiger partial charge on any atom is 0.315 e. The molecule has 1 amide bonds. The van der Waals surface area contributed by atoms with Crippen molar-refractivity contribution in [1.82, 2.24) is 15.2 Å². The summed E-state index contributed by atoms with van der Waals surface area (Å²) < 4.78 is 7.56. The van der Waals surface area contributed by atoms with E-state index in [1.807, 2.05) is 24.3 Å². The number of nitro benzene ring substituents is 1. The Bertz CT molecular complexity index is 1110. The second-order valence-corrected chi connectivity index (χ2v) is 6.98. The number of nitrogens with one attached hydrogen (secondary N) is 1. The summed E-state index contributed by atoms with van der Waals surface area (Å²) in [6.45, 7) is 0.491. The van der Waals surface area contributed by atoms with Crippen molar-refractivity contribution in [2.75, 3.05) is 7.11 Å². The van der Waals surface area contributed by atoms with E-state index in [0.29, 0.717) is 6.54 Å². The minimum atomic E-state index is -0.744. The Labute approximate surface area is 179 Å². The van der Waals surface area contributed by atoms with Crippen LogP contribution in [0.5, 0.6) is 11.5 Å². The zero-order chi connectivity index (χ0) is 21.7. The van der Waals surface area contributed by atoms with Crippen LogP contribution in [0.1, 0.15) is 21.6 Å². The number of halogens is 1. The van der Waals surface area contributed by atoms with Crippen LogP contribution in [0.25, 0.3) is 0 Å². The van der Waals surface area contributed by atoms with Gasteiger partial charge in [0.05, 0.1) is 30.9 Å². The number of amides is 1. The Hall–Kier alpha value is -3.73. The molecule has 0 aliphatic heterocycles. The van der Waals surface area contributed by atoms with Crippen molar-refractivity contribution >= 4 is 33.7 Å². The van der Waals surface area contributed by atoms with Gasteiger partial charge in [0, 0.05) is 16.2 Å². The predicted octanol–water partition coefficient (Wildman–Crippen LogP) is 3.08. The van der Waals surface area contributed by atoms with Gasteiger partial charge >= 0.3 is 5.69 Å². The van der Waals surface area contributed by atoms with Crippen LogP contribution in [-0.4, -0.2) is 39.0 Å². The number of carbonyl (C=O) groups is 1. The number of hydrazone groups is 1. The molecule has 0 aliphatic carbocycles. The third-order valence-corrected chi connectivity index (χ3v) is 4.55. The number of ether oxygens (including phenoxy) is 1. The first-order valence-corrected chi connectivity index (χ1v) is 9.33. The number of rotatable bonds is 7. The van der Waals surface area contributed by atoms with Gasteiger partial charge in [0.1, 0.15) is 5.75 Å². The van der Waals surface area contributed by atoms with Crippen LogP contribution in [0.15, 0.2) is 58.2 Å². The Kier molecular flexibility index (Phi) is 6.42. The minimum absolute atomic E-state index is 0.0158. The van der Waals surface area contributed by atoms with Gasteiger partial charge < -0.3 is 9.84 Å². The molecule has 0 fully saturated rings. The molecule has 1 heterocycles. The molecule has 154 valence electrons. The summed E-state index contributed by atoms with van der Waals surface area (Å²) in [5.74, 6) is -0.991. The van der Waals surface area contributed by atoms with E-state index in [2.05, 4.69) is 31.6 Å². The lowest BCUT2D eigenvalue weighted by atomic mass is 10.1. The molecule has 0 spiro atoms. The predicted molar refractivity (Wildman–Crippen MR) is 112 cm³/mol. The Balaban J connectivity index is 1.68. The molecule has 0 saturated heterocycles. The van der Waals surface area contributed by atoms with E-state index in [-0.39, 0.29) is 17.0 Å². The van der Waals surface area contributed by atoms with Crippen LogP contribution in [0.3, 0.4) is 0 Å². The van der Waals surface area contributed by atoms with Crippen LogP contribution >= 0.6 is 15.9 Å². The van der Waals surface area contributed by atoms with Gasteiger partial charge in [-0.2, -0.15) is 10.2 Å². The normalized spacial score (nSPS) is 10.9. The quantitative estimate of drug-likeness (QED) is 0.307. The standard InChI is InChI=1S/C19H16BrN5O5/c1-30-15-8-13(18(26)17(9-15)25(28)29)10-21-22-19(27)16-6-7-24(23-16)11-12-2-4-14(20)5-3-12/h2-10,26H,11H2,1H3,(H,22,27). The number of nitro groups is 1. The molecule has 10 nitrogen and oxygen atoms in total. The monoisotopic (exact) mass is 473 g/mol. The van der Waals surface area contributed by atoms with Crippen LogP contribution < -0.4 is 10.2 Å². The molecular weight excluding hydrogens is 458 g/mol. The molecule has 0 atom stereocenters. The number of hydrogen-bond acceptors (Lipinski definition) is 7. The second-order valence-electron chi connectivity index (χ2n) is 6.07. The van der Waals surface area contributed by atoms with E-state index in [0.717, 1.165) is 22.3 Å². The van der Waals surface area contributed by atoms with Crippen molar-refractivity contribution in [2.24, 2.45) is 5.10 Å². The van der Waals surface area contributed by atoms with Gasteiger partial charge in [-0.3, -0.25) is 19.6 Å². The fourth-order valence-electron chi connectivity index (χ4n) is 2.54. The molecule has 0 saturated carbocycles. The molecule has 0 radical (unpaired) electrons. The summed E-state index contributed by atoms with van der Waals surface area (Å²) in [5, 5.41) is 29.0. The number of aromatic nitrogens is 2. The number of phenols is 1. The van der Waals surface area contributed by atoms with E-state index in [9.17, 15) is 20.0 Å². The molecule has 0 bridgehead atoms. The van der Waals surface area contributed by atoms with Crippen LogP contribution in [0.2, 0.25) is 0 Å². The zero-order valence-corrected chi connectivity index (χ0v) is 17.2. The lowest BCUT2D eigenvalue weighted by Gasteiger charge is -2.04. The van der Waals surface area contributed by atoms with E-state index in [4.69, 9.17) is 4.74 Å². The highest BCUT2D eigenvalue weighted by molar-refractivity contribution is 9.10. The van der Waals surface area contributed by atoms with Crippen molar-refractivity contribution in [3.63, 3.8) is 0 Å². The molecule has 2 N–H and O–H groups in total. The third kappa shape index (κ3) is 5.00. The molecule has 11 heteroatoms. The SMILES string of the molecule is COc1cc(C=NNC(=O)c2ccn(Cc3ccc(Br)cc3)n2)c(O)c([N+](=O)[O-])c1. The lowest BCUT2D eigenvalue weighted by molar-refractivity contribution is -0.385. The smallest absolute Gasteiger partial charge is 0.315 e. The first-order valence-electron chi connectivity index (χ1n) is 8.54. The van der Waals surface area contributed by atoms with E-state index < -0.39 is 22.3 Å². The molecule has 0 aliphatic rings. The fraction of sp³-hybridized carbons (Fsp3) is 0.105. The number of nitrogens with zero attached hydrogens (tertiary/aromatic N) is 4. The summed E-state index contributed by atoms with van der Waals surface area (Å²) in [7, 11) is 1.34. The van der Waals surface area contributed by atoms with Crippen molar-refractivity contribution in [3.8, 4) is 11.5 Å². The van der Waals surface area contributed by atoms with Crippen LogP contribution in [-0.2, 0) is 6.54 Å². The van der Waals surface area contributed by atoms with Gasteiger partial charge in [-0.05, 0) is 29.8 Å². The third-order valence-electron chi connectivity index (χ3n) is 4.03. The van der Waals surface area contributed by atoms with Gasteiger partial charge in [-0.15, -0.1) is 0 Å². The van der Waals surface area contributed by atoms with E-state index in [1.54, 1.807) is 10.9 Å². The summed E-state index contributed by atoms with van der Waals surface area (Å²) in [6, 6.07) is 11.7. The largest absolute Gasteiger partial charge is 0.502 e. The average molecular weight is 474 g/mol. The number of benzene rings is 2. The highest BCUT2D eigenvalue weighted by Crippen LogP contribution is 2.33. The number of phenolic OH excluding ortho intramolecular Hbond substituents is 1. The van der Waals surface area contributed by atoms with Crippen LogP contribution in [0, 0.1) is 10.1 Å². The van der Waals surface area contributed by atoms with Gasteiger partial charge in [0.15, 0.2) is 5.69 Å². The molecule has 30 heavy (non-hydrogen) atoms. The topological polar surface area (TPSA) is 132 Å². The van der Waals surface area contributed by atoms with Crippen molar-refractivity contribution in [1.29, 1.82) is 0 Å². The molecule has 1 aromatic heterocycles. The summed E-state index contributed by atoms with van der Waals surface area (Å²) in [4.78, 5) is 22.5. The number of aromatic hydroxyl groups is 1. The summed E-state index contributed by atoms with van der Waals surface area (Å²) >= 11 is 3.37. The molecule has 3 rings (SSSR count). The van der Waals surface area contributed by atoms with Crippen molar-refractivity contribution in [2.45, 2.75) is 6.54 Å². The average Bonchev–Trinajstić information content (AvgIpc) is 3.19. The van der Waals surface area contributed by atoms with Gasteiger partial charge in [-0.25, -0.2) is 5.43 Å². The first kappa shape index (κ1) is 21.0. The van der Waals surface area contributed by atoms with Gasteiger partial charge in [0.2, 0.25) is 5.75 Å². The lowest BCUT2D eigenvalue weighted by Crippen LogP contribution is -2.18. The maximum atomic E-state index is 12.2. The fourth-order valence-corrected chi connectivity index (χ4v) is 2.80. The minimum Gasteiger partial charge on any atom is -0.502 e. The number of methoxy groups -OCH3 is 1. The van der Waals surface area contributed by atoms with E-state index >= 15 is 0 Å². The summed E-state index contributed by atoms with van der Waals surface area (Å²) in [6.07, 6.45) is 2.75. The van der Waals surface area contributed by atoms with Crippen molar-refractivity contribution < 1.29 is 19.6 Å². The summed E-state index contributed by atoms with van der Waals surface area (Å²) in [5.41, 5.74) is 2.91. The number of hydrogen-bond donors (Lipinski definition) is 2. The Morgan fingerprint density at radius 3 is 2.77 bits per heavy atom. The molecular formula is C19H16BrN5O5.